The molecule has 45 heavy (non-hydrogen) atoms. The number of piperazine rings is 1. The summed E-state index contributed by atoms with van der Waals surface area (Å²) in [5.41, 5.74) is 2.31. The first-order valence-electron chi connectivity index (χ1n) is 14.8. The highest BCUT2D eigenvalue weighted by molar-refractivity contribution is 7.22. The summed E-state index contributed by atoms with van der Waals surface area (Å²) < 4.78 is 96.0. The Balaban J connectivity index is 1.43. The maximum atomic E-state index is 16.8. The predicted molar refractivity (Wildman–Crippen MR) is 160 cm³/mol. The molecule has 3 N–H and O–H groups in total. The summed E-state index contributed by atoms with van der Waals surface area (Å²) in [6.07, 6.45) is -4.13. The van der Waals surface area contributed by atoms with Gasteiger partial charge in [0, 0.05) is 54.7 Å². The Morgan fingerprint density at radius 3 is 2.58 bits per heavy atom. The van der Waals surface area contributed by atoms with E-state index >= 15 is 4.39 Å². The minimum Gasteiger partial charge on any atom is -0.461 e. The van der Waals surface area contributed by atoms with Crippen molar-refractivity contribution in [1.29, 1.82) is 0 Å². The fourth-order valence-electron chi connectivity index (χ4n) is 7.32. The van der Waals surface area contributed by atoms with Crippen LogP contribution in [0.25, 0.3) is 32.2 Å². The first-order chi connectivity index (χ1) is 21.3. The molecule has 3 saturated heterocycles. The molecule has 3 aliphatic rings. The lowest BCUT2D eigenvalue weighted by Crippen LogP contribution is -2.54. The number of nitrogens with one attached hydrogen (secondary N) is 1. The molecule has 0 aliphatic carbocycles. The number of ether oxygens (including phenoxy) is 1. The van der Waals surface area contributed by atoms with Crippen LogP contribution in [-0.4, -0.2) is 76.4 Å². The Morgan fingerprint density at radius 2 is 1.84 bits per heavy atom. The summed E-state index contributed by atoms with van der Waals surface area (Å²) in [5.74, 6) is -1.90. The van der Waals surface area contributed by atoms with Gasteiger partial charge in [-0.1, -0.05) is 11.3 Å². The molecule has 4 aromatic rings. The van der Waals surface area contributed by atoms with E-state index in [-0.39, 0.29) is 68.8 Å². The molecule has 0 radical (unpaired) electrons. The zero-order valence-electron chi connectivity index (χ0n) is 24.5. The van der Waals surface area contributed by atoms with Crippen LogP contribution in [0.15, 0.2) is 18.2 Å². The van der Waals surface area contributed by atoms with E-state index in [0.29, 0.717) is 26.1 Å². The first-order valence-corrected chi connectivity index (χ1v) is 15.6. The van der Waals surface area contributed by atoms with Gasteiger partial charge in [0.15, 0.2) is 10.9 Å². The quantitative estimate of drug-likeness (QED) is 0.257. The zero-order chi connectivity index (χ0) is 31.8. The highest BCUT2D eigenvalue weighted by atomic mass is 32.1. The van der Waals surface area contributed by atoms with Gasteiger partial charge < -0.3 is 20.7 Å². The molecule has 2 aromatic carbocycles. The number of fused-ring (bicyclic) bond motifs is 3. The zero-order valence-corrected chi connectivity index (χ0v) is 25.3. The highest BCUT2D eigenvalue weighted by Gasteiger charge is 2.49. The van der Waals surface area contributed by atoms with E-state index in [1.807, 2.05) is 18.7 Å². The van der Waals surface area contributed by atoms with Crippen LogP contribution in [-0.2, 0) is 6.18 Å². The standard InChI is InChI=1S/C30H31F6N7OS/c1-14-10-42(11-15(2)38-14)26-18-8-19(30(34,35)36)21(17-4-5-20(32)25-24(17)39-27(37)45-25)22(33)23(18)40-28(41-26)44-13-29-6-3-7-43(29)12-16(31)9-29/h4-5,8,14-16,38H,3,6-7,9-13H2,1-2H3,(H2,37,39)/t14-,15+,16-,29-/m1/s1. The summed E-state index contributed by atoms with van der Waals surface area (Å²) in [5, 5.41) is 3.16. The van der Waals surface area contributed by atoms with Crippen molar-refractivity contribution in [2.75, 3.05) is 43.4 Å². The van der Waals surface area contributed by atoms with Crippen molar-refractivity contribution in [3.05, 3.63) is 35.4 Å². The lowest BCUT2D eigenvalue weighted by atomic mass is 9.94. The second kappa shape index (κ2) is 10.8. The van der Waals surface area contributed by atoms with E-state index in [0.717, 1.165) is 42.5 Å². The van der Waals surface area contributed by atoms with E-state index in [1.165, 1.54) is 0 Å². The number of nitrogens with zero attached hydrogens (tertiary/aromatic N) is 5. The number of benzene rings is 2. The third-order valence-electron chi connectivity index (χ3n) is 9.07. The van der Waals surface area contributed by atoms with Gasteiger partial charge in [-0.15, -0.1) is 0 Å². The minimum absolute atomic E-state index is 0.0390. The largest absolute Gasteiger partial charge is 0.461 e. The van der Waals surface area contributed by atoms with E-state index in [9.17, 15) is 22.0 Å². The van der Waals surface area contributed by atoms with Crippen molar-refractivity contribution < 1.29 is 31.1 Å². The van der Waals surface area contributed by atoms with Crippen molar-refractivity contribution in [2.45, 2.75) is 63.1 Å². The fourth-order valence-corrected chi connectivity index (χ4v) is 8.09. The molecule has 5 heterocycles. The van der Waals surface area contributed by atoms with Gasteiger partial charge in [-0.2, -0.15) is 23.1 Å². The van der Waals surface area contributed by atoms with Crippen LogP contribution < -0.4 is 20.7 Å². The molecule has 0 spiro atoms. The first kappa shape index (κ1) is 30.2. The Labute approximate surface area is 258 Å². The Hall–Kier alpha value is -3.43. The molecule has 0 saturated carbocycles. The molecule has 3 aliphatic heterocycles. The lowest BCUT2D eigenvalue weighted by molar-refractivity contribution is -0.137. The number of hydrogen-bond donors (Lipinski definition) is 2. The molecule has 8 nitrogen and oxygen atoms in total. The average Bonchev–Trinajstić information content (AvgIpc) is 3.63. The Bertz CT molecular complexity index is 1790. The number of aromatic nitrogens is 3. The Kier molecular flexibility index (Phi) is 7.28. The molecule has 240 valence electrons. The number of hydrogen-bond acceptors (Lipinski definition) is 9. The molecule has 7 rings (SSSR count). The number of halogens is 6. The van der Waals surface area contributed by atoms with Crippen LogP contribution in [0.3, 0.4) is 0 Å². The van der Waals surface area contributed by atoms with Gasteiger partial charge in [-0.3, -0.25) is 4.90 Å². The van der Waals surface area contributed by atoms with Gasteiger partial charge in [-0.25, -0.2) is 18.2 Å². The molecule has 0 amide bonds. The van der Waals surface area contributed by atoms with Gasteiger partial charge in [0.25, 0.3) is 0 Å². The van der Waals surface area contributed by atoms with Crippen molar-refractivity contribution in [3.63, 3.8) is 0 Å². The lowest BCUT2D eigenvalue weighted by Gasteiger charge is -2.37. The van der Waals surface area contributed by atoms with E-state index in [2.05, 4.69) is 20.3 Å². The Morgan fingerprint density at radius 1 is 1.09 bits per heavy atom. The van der Waals surface area contributed by atoms with Crippen LogP contribution in [0, 0.1) is 11.6 Å². The average molecular weight is 652 g/mol. The van der Waals surface area contributed by atoms with E-state index in [1.54, 1.807) is 4.90 Å². The van der Waals surface area contributed by atoms with Crippen molar-refractivity contribution in [1.82, 2.24) is 25.2 Å². The normalized spacial score (nSPS) is 25.9. The minimum atomic E-state index is -5.00. The molecule has 0 bridgehead atoms. The molecule has 15 heteroatoms. The predicted octanol–water partition coefficient (Wildman–Crippen LogP) is 5.93. The number of nitrogens with two attached hydrogens (primary N) is 1. The van der Waals surface area contributed by atoms with Crippen LogP contribution in [0.5, 0.6) is 6.01 Å². The van der Waals surface area contributed by atoms with E-state index in [4.69, 9.17) is 10.5 Å². The number of rotatable bonds is 5. The maximum Gasteiger partial charge on any atom is 0.417 e. The van der Waals surface area contributed by atoms with Gasteiger partial charge >= 0.3 is 12.2 Å². The number of nitrogen functional groups attached to an aromatic ring is 1. The van der Waals surface area contributed by atoms with Gasteiger partial charge in [0.2, 0.25) is 0 Å². The number of alkyl halides is 4. The maximum absolute atomic E-state index is 16.8. The summed E-state index contributed by atoms with van der Waals surface area (Å²) in [4.78, 5) is 16.8. The molecule has 2 aromatic heterocycles. The second-order valence-corrected chi connectivity index (χ2v) is 13.4. The van der Waals surface area contributed by atoms with Crippen molar-refractivity contribution in [2.24, 2.45) is 0 Å². The van der Waals surface area contributed by atoms with Crippen molar-refractivity contribution >= 4 is 43.4 Å². The summed E-state index contributed by atoms with van der Waals surface area (Å²) in [6, 6.07) is 2.58. The van der Waals surface area contributed by atoms with Gasteiger partial charge in [0.05, 0.1) is 21.3 Å². The SMILES string of the molecule is C[C@@H]1CN(c2nc(OC[C@]34CCCN3C[C@H](F)C4)nc3c(F)c(-c4ccc(F)c5sc(N)nc45)c(C(F)(F)F)cc23)C[C@H](C)N1. The molecule has 3 fully saturated rings. The summed E-state index contributed by atoms with van der Waals surface area (Å²) in [7, 11) is 0. The number of anilines is 2. The molecular formula is C30H31F6N7OS. The van der Waals surface area contributed by atoms with E-state index < -0.39 is 40.6 Å². The van der Waals surface area contributed by atoms with Crippen LogP contribution >= 0.6 is 11.3 Å². The molecule has 0 unspecified atom stereocenters. The van der Waals surface area contributed by atoms with Crippen molar-refractivity contribution in [3.8, 4) is 17.1 Å². The smallest absolute Gasteiger partial charge is 0.417 e. The third-order valence-corrected chi connectivity index (χ3v) is 9.96. The second-order valence-electron chi connectivity index (χ2n) is 12.4. The third kappa shape index (κ3) is 5.22. The molecule has 4 atom stereocenters. The highest BCUT2D eigenvalue weighted by Crippen LogP contribution is 2.46. The fraction of sp³-hybridized carbons (Fsp3) is 0.500. The van der Waals surface area contributed by atoms with Gasteiger partial charge in [0.1, 0.15) is 29.9 Å². The van der Waals surface area contributed by atoms with Gasteiger partial charge in [-0.05, 0) is 51.4 Å². The molecular weight excluding hydrogens is 620 g/mol. The van der Waals surface area contributed by atoms with Crippen LogP contribution in [0.2, 0.25) is 0 Å². The topological polar surface area (TPSA) is 92.4 Å². The van der Waals surface area contributed by atoms with Crippen LogP contribution in [0.4, 0.5) is 37.3 Å². The summed E-state index contributed by atoms with van der Waals surface area (Å²) in [6.45, 7) is 5.73. The number of thiazole rings is 1. The van der Waals surface area contributed by atoms with Crippen LogP contribution in [0.1, 0.15) is 38.7 Å². The summed E-state index contributed by atoms with van der Waals surface area (Å²) >= 11 is 0.759. The monoisotopic (exact) mass is 651 g/mol.